The van der Waals surface area contributed by atoms with Gasteiger partial charge in [-0.3, -0.25) is 9.48 Å². The number of aromatic nitrogens is 4. The smallest absolute Gasteiger partial charge is 0.307 e. The van der Waals surface area contributed by atoms with Crippen molar-refractivity contribution in [1.29, 1.82) is 0 Å². The summed E-state index contributed by atoms with van der Waals surface area (Å²) in [5, 5.41) is 25.0. The highest BCUT2D eigenvalue weighted by molar-refractivity contribution is 7.17. The number of aliphatic carboxylic acids is 1. The first-order chi connectivity index (χ1) is 16.5. The number of fused-ring (bicyclic) bond motifs is 1. The molecular weight excluding hydrogens is 455 g/mol. The molecule has 0 saturated carbocycles. The number of hydrogen-bond donors (Lipinski definition) is 1. The Morgan fingerprint density at radius 3 is 2.62 bits per heavy atom. The number of carbonyl (C=O) groups is 1. The van der Waals surface area contributed by atoms with E-state index in [1.54, 1.807) is 29.1 Å². The second-order valence-electron chi connectivity index (χ2n) is 7.70. The summed E-state index contributed by atoms with van der Waals surface area (Å²) in [6, 6.07) is 15.4. The second kappa shape index (κ2) is 9.03. The summed E-state index contributed by atoms with van der Waals surface area (Å²) in [5.74, 6) is -0.911. The molecule has 0 aliphatic heterocycles. The van der Waals surface area contributed by atoms with Gasteiger partial charge in [-0.25, -0.2) is 4.39 Å². The summed E-state index contributed by atoms with van der Waals surface area (Å²) >= 11 is 1.52. The van der Waals surface area contributed by atoms with Crippen LogP contribution in [-0.2, 0) is 24.9 Å². The van der Waals surface area contributed by atoms with E-state index in [4.69, 9.17) is 9.84 Å². The predicted octanol–water partition coefficient (Wildman–Crippen LogP) is 5.10. The third-order valence-corrected chi connectivity index (χ3v) is 6.39. The lowest BCUT2D eigenvalue weighted by Crippen LogP contribution is -2.04. The van der Waals surface area contributed by atoms with Crippen molar-refractivity contribution < 1.29 is 19.0 Å². The quantitative estimate of drug-likeness (QED) is 0.353. The Hall–Kier alpha value is -4.11. The minimum absolute atomic E-state index is 0.0368. The number of benzene rings is 2. The SMILES string of the molecule is Cn1nccc1COc1cc(F)ccc1-c1nnc(-c2ccc(CC(=O)O)cc2)c2ccsc12. The number of carboxylic acid groups (broad SMARTS) is 1. The number of aryl methyl sites for hydroxylation is 1. The van der Waals surface area contributed by atoms with Crippen LogP contribution in [0.15, 0.2) is 66.2 Å². The number of rotatable bonds is 7. The third kappa shape index (κ3) is 4.25. The van der Waals surface area contributed by atoms with Crippen molar-refractivity contribution in [1.82, 2.24) is 20.0 Å². The molecule has 3 heterocycles. The summed E-state index contributed by atoms with van der Waals surface area (Å²) < 4.78 is 22.7. The number of hydrogen-bond acceptors (Lipinski definition) is 6. The summed E-state index contributed by atoms with van der Waals surface area (Å²) in [5.41, 5.74) is 4.35. The first-order valence-electron chi connectivity index (χ1n) is 10.4. The van der Waals surface area contributed by atoms with Crippen LogP contribution >= 0.6 is 11.3 Å². The lowest BCUT2D eigenvalue weighted by molar-refractivity contribution is -0.136. The molecule has 5 aromatic rings. The first-order valence-corrected chi connectivity index (χ1v) is 11.3. The number of thiophene rings is 1. The van der Waals surface area contributed by atoms with Gasteiger partial charge in [0.25, 0.3) is 0 Å². The normalized spacial score (nSPS) is 11.1. The minimum atomic E-state index is -0.877. The zero-order valence-corrected chi connectivity index (χ0v) is 18.9. The average molecular weight is 475 g/mol. The van der Waals surface area contributed by atoms with Gasteiger partial charge in [-0.15, -0.1) is 21.5 Å². The summed E-state index contributed by atoms with van der Waals surface area (Å²) in [4.78, 5) is 11.0. The third-order valence-electron chi connectivity index (χ3n) is 5.46. The van der Waals surface area contributed by atoms with Gasteiger partial charge in [0.2, 0.25) is 0 Å². The molecule has 0 amide bonds. The standard InChI is InChI=1S/C25H19FN4O3S/c1-30-18(8-10-27-30)14-33-21-13-17(26)6-7-19(21)24-25-20(9-11-34-25)23(28-29-24)16-4-2-15(3-5-16)12-22(31)32/h2-11,13H,12,14H2,1H3,(H,31,32). The van der Waals surface area contributed by atoms with Crippen LogP contribution in [0.4, 0.5) is 4.39 Å². The van der Waals surface area contributed by atoms with Gasteiger partial charge in [-0.1, -0.05) is 24.3 Å². The van der Waals surface area contributed by atoms with E-state index in [9.17, 15) is 9.18 Å². The molecule has 0 aliphatic rings. The van der Waals surface area contributed by atoms with E-state index in [2.05, 4.69) is 15.3 Å². The van der Waals surface area contributed by atoms with Gasteiger partial charge >= 0.3 is 5.97 Å². The van der Waals surface area contributed by atoms with Crippen LogP contribution in [0.25, 0.3) is 32.6 Å². The number of halogens is 1. The van der Waals surface area contributed by atoms with Gasteiger partial charge in [-0.05, 0) is 35.2 Å². The van der Waals surface area contributed by atoms with Gasteiger partial charge in [0, 0.05) is 35.8 Å². The van der Waals surface area contributed by atoms with Crippen LogP contribution in [-0.4, -0.2) is 31.1 Å². The van der Waals surface area contributed by atoms with E-state index >= 15 is 0 Å². The van der Waals surface area contributed by atoms with Crippen LogP contribution < -0.4 is 4.74 Å². The van der Waals surface area contributed by atoms with Crippen molar-refractivity contribution >= 4 is 27.4 Å². The minimum Gasteiger partial charge on any atom is -0.486 e. The van der Waals surface area contributed by atoms with E-state index in [0.717, 1.165) is 21.3 Å². The van der Waals surface area contributed by atoms with E-state index in [0.29, 0.717) is 28.3 Å². The van der Waals surface area contributed by atoms with Crippen molar-refractivity contribution in [2.45, 2.75) is 13.0 Å². The van der Waals surface area contributed by atoms with E-state index in [-0.39, 0.29) is 13.0 Å². The topological polar surface area (TPSA) is 90.1 Å². The first kappa shape index (κ1) is 21.7. The molecule has 2 aromatic carbocycles. The highest BCUT2D eigenvalue weighted by Crippen LogP contribution is 2.39. The lowest BCUT2D eigenvalue weighted by Gasteiger charge is -2.13. The molecule has 0 saturated heterocycles. The number of carboxylic acids is 1. The molecule has 5 rings (SSSR count). The van der Waals surface area contributed by atoms with Gasteiger partial charge in [-0.2, -0.15) is 5.10 Å². The van der Waals surface area contributed by atoms with Gasteiger partial charge in [0.05, 0.1) is 16.8 Å². The predicted molar refractivity (Wildman–Crippen MR) is 127 cm³/mol. The maximum atomic E-state index is 14.1. The molecule has 0 bridgehead atoms. The van der Waals surface area contributed by atoms with Crippen LogP contribution in [0, 0.1) is 5.82 Å². The van der Waals surface area contributed by atoms with Gasteiger partial charge in [0.15, 0.2) is 0 Å². The molecule has 34 heavy (non-hydrogen) atoms. The fourth-order valence-corrected chi connectivity index (χ4v) is 4.62. The molecule has 9 heteroatoms. The van der Waals surface area contributed by atoms with E-state index in [1.807, 2.05) is 36.7 Å². The van der Waals surface area contributed by atoms with E-state index in [1.165, 1.54) is 23.5 Å². The van der Waals surface area contributed by atoms with Crippen LogP contribution in [0.1, 0.15) is 11.3 Å². The molecule has 0 spiro atoms. The molecule has 0 aliphatic carbocycles. The summed E-state index contributed by atoms with van der Waals surface area (Å²) in [6.07, 6.45) is 1.64. The van der Waals surface area contributed by atoms with Gasteiger partial charge in [0.1, 0.15) is 29.6 Å². The fourth-order valence-electron chi connectivity index (χ4n) is 3.73. The Morgan fingerprint density at radius 2 is 1.88 bits per heavy atom. The summed E-state index contributed by atoms with van der Waals surface area (Å²) in [6.45, 7) is 0.231. The van der Waals surface area contributed by atoms with Crippen molar-refractivity contribution in [3.63, 3.8) is 0 Å². The molecular formula is C25H19FN4O3S. The average Bonchev–Trinajstić information content (AvgIpc) is 3.47. The van der Waals surface area contributed by atoms with Crippen molar-refractivity contribution in [2.75, 3.05) is 0 Å². The molecule has 7 nitrogen and oxygen atoms in total. The monoisotopic (exact) mass is 474 g/mol. The van der Waals surface area contributed by atoms with Gasteiger partial charge < -0.3 is 9.84 Å². The summed E-state index contributed by atoms with van der Waals surface area (Å²) in [7, 11) is 1.82. The molecule has 1 N–H and O–H groups in total. The fraction of sp³-hybridized carbons (Fsp3) is 0.120. The van der Waals surface area contributed by atoms with Crippen LogP contribution in [0.3, 0.4) is 0 Å². The maximum absolute atomic E-state index is 14.1. The zero-order valence-electron chi connectivity index (χ0n) is 18.1. The second-order valence-corrected chi connectivity index (χ2v) is 8.62. The largest absolute Gasteiger partial charge is 0.486 e. The van der Waals surface area contributed by atoms with Crippen LogP contribution in [0.2, 0.25) is 0 Å². The van der Waals surface area contributed by atoms with Crippen molar-refractivity contribution in [3.8, 4) is 28.3 Å². The zero-order chi connectivity index (χ0) is 23.7. The molecule has 3 aromatic heterocycles. The van der Waals surface area contributed by atoms with Crippen LogP contribution in [0.5, 0.6) is 5.75 Å². The maximum Gasteiger partial charge on any atom is 0.307 e. The molecule has 0 fully saturated rings. The molecule has 170 valence electrons. The lowest BCUT2D eigenvalue weighted by atomic mass is 10.0. The Labute approximate surface area is 198 Å². The van der Waals surface area contributed by atoms with Crippen molar-refractivity contribution in [3.05, 3.63) is 83.2 Å². The Morgan fingerprint density at radius 1 is 1.09 bits per heavy atom. The number of nitrogens with zero attached hydrogens (tertiary/aromatic N) is 4. The Balaban J connectivity index is 1.53. The number of ether oxygens (including phenoxy) is 1. The Kier molecular flexibility index (Phi) is 5.77. The highest BCUT2D eigenvalue weighted by atomic mass is 32.1. The molecule has 0 atom stereocenters. The Bertz CT molecular complexity index is 1490. The van der Waals surface area contributed by atoms with E-state index < -0.39 is 11.8 Å². The highest BCUT2D eigenvalue weighted by Gasteiger charge is 2.18. The molecule has 0 radical (unpaired) electrons. The van der Waals surface area contributed by atoms with Crippen molar-refractivity contribution in [2.24, 2.45) is 7.05 Å². The molecule has 0 unspecified atom stereocenters.